The summed E-state index contributed by atoms with van der Waals surface area (Å²) in [4.78, 5) is 9.31. The van der Waals surface area contributed by atoms with Crippen LogP contribution in [0.2, 0.25) is 0 Å². The Hall–Kier alpha value is -1.52. The molecule has 0 amide bonds. The van der Waals surface area contributed by atoms with Gasteiger partial charge in [0.2, 0.25) is 0 Å². The smallest absolute Gasteiger partial charge is 0.0992 e. The molecule has 1 aliphatic carbocycles. The van der Waals surface area contributed by atoms with Gasteiger partial charge in [0.15, 0.2) is 0 Å². The van der Waals surface area contributed by atoms with Crippen molar-refractivity contribution in [3.05, 3.63) is 55.8 Å². The number of thiazole rings is 2. The molecule has 0 saturated heterocycles. The molecule has 3 aromatic rings. The SMILES string of the molecule is Cc1nc(Cc2nc(-c3ccc4c(c3)CCC4)cs2)cs1. The molecule has 1 aromatic carbocycles. The summed E-state index contributed by atoms with van der Waals surface area (Å²) in [5.74, 6) is 0. The quantitative estimate of drug-likeness (QED) is 0.703. The molecule has 2 aromatic heterocycles. The molecule has 0 spiro atoms. The van der Waals surface area contributed by atoms with Gasteiger partial charge in [0.25, 0.3) is 0 Å². The summed E-state index contributed by atoms with van der Waals surface area (Å²) in [5.41, 5.74) is 6.53. The zero-order chi connectivity index (χ0) is 14.2. The minimum atomic E-state index is 0.847. The monoisotopic (exact) mass is 312 g/mol. The Labute approximate surface area is 132 Å². The molecule has 1 aliphatic rings. The van der Waals surface area contributed by atoms with Crippen LogP contribution < -0.4 is 0 Å². The van der Waals surface area contributed by atoms with E-state index >= 15 is 0 Å². The van der Waals surface area contributed by atoms with Crippen molar-refractivity contribution in [1.29, 1.82) is 0 Å². The predicted octanol–water partition coefficient (Wildman–Crippen LogP) is 4.65. The van der Waals surface area contributed by atoms with Gasteiger partial charge in [-0.05, 0) is 43.4 Å². The average molecular weight is 312 g/mol. The van der Waals surface area contributed by atoms with Crippen LogP contribution in [0.5, 0.6) is 0 Å². The molecule has 0 saturated carbocycles. The van der Waals surface area contributed by atoms with Gasteiger partial charge in [-0.15, -0.1) is 22.7 Å². The highest BCUT2D eigenvalue weighted by atomic mass is 32.1. The van der Waals surface area contributed by atoms with Crippen LogP contribution in [0.4, 0.5) is 0 Å². The Morgan fingerprint density at radius 3 is 2.81 bits per heavy atom. The highest BCUT2D eigenvalue weighted by Crippen LogP contribution is 2.29. The molecule has 0 radical (unpaired) electrons. The Bertz CT molecular complexity index is 786. The van der Waals surface area contributed by atoms with Gasteiger partial charge >= 0.3 is 0 Å². The van der Waals surface area contributed by atoms with Crippen molar-refractivity contribution in [3.8, 4) is 11.3 Å². The zero-order valence-electron chi connectivity index (χ0n) is 11.9. The molecule has 4 heteroatoms. The number of hydrogen-bond donors (Lipinski definition) is 0. The van der Waals surface area contributed by atoms with Crippen molar-refractivity contribution in [2.75, 3.05) is 0 Å². The lowest BCUT2D eigenvalue weighted by Gasteiger charge is -2.02. The highest BCUT2D eigenvalue weighted by Gasteiger charge is 2.13. The normalized spacial score (nSPS) is 13.6. The third-order valence-corrected chi connectivity index (χ3v) is 5.62. The number of hydrogen-bond acceptors (Lipinski definition) is 4. The van der Waals surface area contributed by atoms with Crippen LogP contribution in [0.25, 0.3) is 11.3 Å². The van der Waals surface area contributed by atoms with Gasteiger partial charge in [-0.1, -0.05) is 12.1 Å². The first-order valence-corrected chi connectivity index (χ1v) is 9.01. The first-order valence-electron chi connectivity index (χ1n) is 7.25. The number of benzene rings is 1. The van der Waals surface area contributed by atoms with E-state index in [1.807, 2.05) is 6.92 Å². The minimum Gasteiger partial charge on any atom is -0.246 e. The number of aromatic nitrogens is 2. The average Bonchev–Trinajstić information content (AvgIpc) is 3.19. The van der Waals surface area contributed by atoms with E-state index in [1.165, 1.54) is 36.0 Å². The fourth-order valence-corrected chi connectivity index (χ4v) is 4.33. The number of rotatable bonds is 3. The summed E-state index contributed by atoms with van der Waals surface area (Å²) in [6.45, 7) is 2.05. The molecule has 4 rings (SSSR count). The predicted molar refractivity (Wildman–Crippen MR) is 89.2 cm³/mol. The molecule has 106 valence electrons. The number of aryl methyl sites for hydroxylation is 3. The van der Waals surface area contributed by atoms with Crippen LogP contribution in [-0.2, 0) is 19.3 Å². The fourth-order valence-electron chi connectivity index (χ4n) is 2.90. The molecular weight excluding hydrogens is 296 g/mol. The second-order valence-corrected chi connectivity index (χ2v) is 7.50. The summed E-state index contributed by atoms with van der Waals surface area (Å²) in [7, 11) is 0. The van der Waals surface area contributed by atoms with E-state index in [2.05, 4.69) is 33.9 Å². The largest absolute Gasteiger partial charge is 0.246 e. The Morgan fingerprint density at radius 1 is 1.05 bits per heavy atom. The van der Waals surface area contributed by atoms with E-state index < -0.39 is 0 Å². The van der Waals surface area contributed by atoms with Crippen LogP contribution >= 0.6 is 22.7 Å². The van der Waals surface area contributed by atoms with Crippen molar-refractivity contribution in [1.82, 2.24) is 9.97 Å². The molecular formula is C17H16N2S2. The summed E-state index contributed by atoms with van der Waals surface area (Å²) in [6, 6.07) is 6.82. The second kappa shape index (κ2) is 5.35. The van der Waals surface area contributed by atoms with E-state index in [-0.39, 0.29) is 0 Å². The molecule has 2 heterocycles. The van der Waals surface area contributed by atoms with Crippen LogP contribution in [0.3, 0.4) is 0 Å². The Balaban J connectivity index is 1.59. The van der Waals surface area contributed by atoms with Crippen molar-refractivity contribution < 1.29 is 0 Å². The third kappa shape index (κ3) is 2.65. The highest BCUT2D eigenvalue weighted by molar-refractivity contribution is 7.10. The minimum absolute atomic E-state index is 0.847. The fraction of sp³-hybridized carbons (Fsp3) is 0.294. The van der Waals surface area contributed by atoms with E-state index in [0.29, 0.717) is 0 Å². The van der Waals surface area contributed by atoms with Gasteiger partial charge in [-0.2, -0.15) is 0 Å². The van der Waals surface area contributed by atoms with E-state index in [4.69, 9.17) is 4.98 Å². The molecule has 21 heavy (non-hydrogen) atoms. The third-order valence-electron chi connectivity index (χ3n) is 3.94. The molecule has 0 N–H and O–H groups in total. The zero-order valence-corrected chi connectivity index (χ0v) is 13.6. The van der Waals surface area contributed by atoms with Gasteiger partial charge < -0.3 is 0 Å². The molecule has 2 nitrogen and oxygen atoms in total. The molecule has 0 atom stereocenters. The van der Waals surface area contributed by atoms with E-state index in [9.17, 15) is 0 Å². The van der Waals surface area contributed by atoms with Crippen molar-refractivity contribution in [2.45, 2.75) is 32.6 Å². The first-order chi connectivity index (χ1) is 10.3. The summed E-state index contributed by atoms with van der Waals surface area (Å²) >= 11 is 3.44. The van der Waals surface area contributed by atoms with Crippen molar-refractivity contribution in [2.24, 2.45) is 0 Å². The first kappa shape index (κ1) is 13.2. The standard InChI is InChI=1S/C17H16N2S2/c1-11-18-15(9-20-11)8-17-19-16(10-21-17)14-6-5-12-3-2-4-13(12)7-14/h5-7,9-10H,2-4,8H2,1H3. The topological polar surface area (TPSA) is 25.8 Å². The molecule has 0 aliphatic heterocycles. The van der Waals surface area contributed by atoms with E-state index in [1.54, 1.807) is 22.7 Å². The summed E-state index contributed by atoms with van der Waals surface area (Å²) in [5, 5.41) is 6.58. The Kier molecular flexibility index (Phi) is 3.36. The molecule has 0 bridgehead atoms. The Morgan fingerprint density at radius 2 is 1.95 bits per heavy atom. The summed E-state index contributed by atoms with van der Waals surface area (Å²) in [6.07, 6.45) is 4.60. The summed E-state index contributed by atoms with van der Waals surface area (Å²) < 4.78 is 0. The maximum atomic E-state index is 4.79. The second-order valence-electron chi connectivity index (χ2n) is 5.50. The maximum Gasteiger partial charge on any atom is 0.0992 e. The van der Waals surface area contributed by atoms with Gasteiger partial charge in [-0.3, -0.25) is 0 Å². The van der Waals surface area contributed by atoms with Crippen molar-refractivity contribution >= 4 is 22.7 Å². The molecule has 0 fully saturated rings. The lowest BCUT2D eigenvalue weighted by atomic mass is 10.1. The van der Waals surface area contributed by atoms with Gasteiger partial charge in [0, 0.05) is 22.7 Å². The maximum absolute atomic E-state index is 4.79. The van der Waals surface area contributed by atoms with Crippen LogP contribution in [-0.4, -0.2) is 9.97 Å². The molecule has 0 unspecified atom stereocenters. The number of fused-ring (bicyclic) bond motifs is 1. The van der Waals surface area contributed by atoms with Gasteiger partial charge in [0.1, 0.15) is 0 Å². The van der Waals surface area contributed by atoms with Crippen molar-refractivity contribution in [3.63, 3.8) is 0 Å². The van der Waals surface area contributed by atoms with Gasteiger partial charge in [-0.25, -0.2) is 9.97 Å². The lowest BCUT2D eigenvalue weighted by molar-refractivity contribution is 0.912. The van der Waals surface area contributed by atoms with Crippen LogP contribution in [0.15, 0.2) is 29.0 Å². The van der Waals surface area contributed by atoms with E-state index in [0.717, 1.165) is 27.8 Å². The van der Waals surface area contributed by atoms with Gasteiger partial charge in [0.05, 0.1) is 21.4 Å². The van der Waals surface area contributed by atoms with Crippen LogP contribution in [0.1, 0.15) is 33.3 Å². The number of nitrogens with zero attached hydrogens (tertiary/aromatic N) is 2. The lowest BCUT2D eigenvalue weighted by Crippen LogP contribution is -1.89. The van der Waals surface area contributed by atoms with Crippen LogP contribution in [0, 0.1) is 6.92 Å².